The van der Waals surface area contributed by atoms with Gasteiger partial charge in [0, 0.05) is 55.2 Å². The molecule has 50 heavy (non-hydrogen) atoms. The van der Waals surface area contributed by atoms with Gasteiger partial charge in [0.1, 0.15) is 18.2 Å². The Morgan fingerprint density at radius 3 is 2.78 bits per heavy atom. The van der Waals surface area contributed by atoms with Crippen LogP contribution < -0.4 is 14.4 Å². The summed E-state index contributed by atoms with van der Waals surface area (Å²) >= 11 is 7.20. The first-order valence-electron chi connectivity index (χ1n) is 17.6. The van der Waals surface area contributed by atoms with E-state index in [0.29, 0.717) is 61.4 Å². The van der Waals surface area contributed by atoms with Gasteiger partial charge in [-0.2, -0.15) is 20.3 Å². The second-order valence-corrected chi connectivity index (χ2v) is 14.2. The van der Waals surface area contributed by atoms with Crippen LogP contribution in [0, 0.1) is 18.3 Å². The van der Waals surface area contributed by atoms with Crippen LogP contribution in [0.2, 0.25) is 5.02 Å². The molecule has 4 aliphatic heterocycles. The van der Waals surface area contributed by atoms with Crippen molar-refractivity contribution < 1.29 is 24.1 Å². The molecule has 2 aromatic heterocycles. The number of benzene rings is 2. The highest BCUT2D eigenvalue weighted by atomic mass is 35.5. The van der Waals surface area contributed by atoms with E-state index in [1.54, 1.807) is 0 Å². The zero-order valence-electron chi connectivity index (χ0n) is 28.4. The average molecular weight is 701 g/mol. The number of likely N-dealkylation sites (tertiary alicyclic amines) is 1. The van der Waals surface area contributed by atoms with Crippen molar-refractivity contribution in [1.82, 2.24) is 29.5 Å². The molecule has 3 atom stereocenters. The van der Waals surface area contributed by atoms with Crippen LogP contribution in [-0.4, -0.2) is 106 Å². The van der Waals surface area contributed by atoms with Crippen molar-refractivity contribution >= 4 is 45.3 Å². The minimum Gasteiger partial charge on any atom is -0.492 e. The number of ether oxygens (including phenoxy) is 3. The van der Waals surface area contributed by atoms with E-state index in [1.807, 2.05) is 22.7 Å². The number of fused-ring (bicyclic) bond motifs is 4. The Morgan fingerprint density at radius 1 is 1.14 bits per heavy atom. The smallest absolute Gasteiger partial charge is 0.407 e. The number of likely N-dealkylation sites (N-methyl/N-ethyl adjacent to an activating group) is 1. The molecule has 4 aromatic rings. The molecule has 0 aliphatic carbocycles. The second-order valence-electron chi connectivity index (χ2n) is 13.8. The molecular weight excluding hydrogens is 660 g/mol. The first-order chi connectivity index (χ1) is 24.3. The third-order valence-corrected chi connectivity index (χ3v) is 11.2. The molecule has 14 heteroatoms. The Bertz CT molecular complexity index is 2010. The van der Waals surface area contributed by atoms with Gasteiger partial charge in [0.05, 0.1) is 52.8 Å². The molecule has 262 valence electrons. The summed E-state index contributed by atoms with van der Waals surface area (Å²) in [6, 6.07) is 6.32. The summed E-state index contributed by atoms with van der Waals surface area (Å²) in [5, 5.41) is 26.6. The lowest BCUT2D eigenvalue weighted by atomic mass is 9.92. The van der Waals surface area contributed by atoms with Crippen LogP contribution in [0.25, 0.3) is 32.9 Å². The van der Waals surface area contributed by atoms with Crippen LogP contribution in [-0.2, 0) is 11.2 Å². The van der Waals surface area contributed by atoms with E-state index < -0.39 is 12.1 Å². The monoisotopic (exact) mass is 700 g/mol. The molecule has 8 rings (SSSR count). The van der Waals surface area contributed by atoms with E-state index in [2.05, 4.69) is 30.1 Å². The number of aryl methyl sites for hydroxylation is 1. The van der Waals surface area contributed by atoms with Gasteiger partial charge in [0.2, 0.25) is 0 Å². The summed E-state index contributed by atoms with van der Waals surface area (Å²) in [5.41, 5.74) is 5.37. The lowest BCUT2D eigenvalue weighted by Crippen LogP contribution is -2.55. The van der Waals surface area contributed by atoms with Gasteiger partial charge >= 0.3 is 12.1 Å². The summed E-state index contributed by atoms with van der Waals surface area (Å²) in [6.07, 6.45) is 6.67. The summed E-state index contributed by atoms with van der Waals surface area (Å²) < 4.78 is 20.9. The molecule has 2 aromatic carbocycles. The number of halogens is 1. The van der Waals surface area contributed by atoms with Crippen molar-refractivity contribution in [2.75, 3.05) is 57.9 Å². The molecule has 6 heterocycles. The van der Waals surface area contributed by atoms with E-state index in [9.17, 15) is 15.2 Å². The first-order valence-corrected chi connectivity index (χ1v) is 17.9. The molecule has 2 unspecified atom stereocenters. The highest BCUT2D eigenvalue weighted by molar-refractivity contribution is 6.36. The van der Waals surface area contributed by atoms with Gasteiger partial charge in [-0.15, -0.1) is 0 Å². The summed E-state index contributed by atoms with van der Waals surface area (Å²) in [7, 11) is 2.10. The fourth-order valence-corrected chi connectivity index (χ4v) is 8.34. The Morgan fingerprint density at radius 2 is 2.02 bits per heavy atom. The largest absolute Gasteiger partial charge is 0.492 e. The van der Waals surface area contributed by atoms with Crippen LogP contribution in [0.3, 0.4) is 0 Å². The maximum Gasteiger partial charge on any atom is 0.407 e. The molecule has 1 amide bonds. The summed E-state index contributed by atoms with van der Waals surface area (Å²) in [5.74, 6) is 1.31. The van der Waals surface area contributed by atoms with Crippen LogP contribution in [0.15, 0.2) is 18.3 Å². The molecule has 3 saturated heterocycles. The van der Waals surface area contributed by atoms with Gasteiger partial charge < -0.3 is 34.0 Å². The lowest BCUT2D eigenvalue weighted by molar-refractivity contribution is -0.0366. The third kappa shape index (κ3) is 5.73. The van der Waals surface area contributed by atoms with E-state index in [0.717, 1.165) is 77.2 Å². The Hall–Kier alpha value is -4.38. The highest BCUT2D eigenvalue weighted by Gasteiger charge is 2.35. The number of nitrogens with zero attached hydrogens (tertiary/aromatic N) is 8. The topological polar surface area (TPSA) is 142 Å². The second kappa shape index (κ2) is 13.4. The molecule has 0 bridgehead atoms. The minimum absolute atomic E-state index is 0.0728. The third-order valence-electron chi connectivity index (χ3n) is 10.8. The van der Waals surface area contributed by atoms with Crippen molar-refractivity contribution in [2.24, 2.45) is 0 Å². The van der Waals surface area contributed by atoms with Crippen molar-refractivity contribution in [3.63, 3.8) is 0 Å². The van der Waals surface area contributed by atoms with Gasteiger partial charge in [-0.3, -0.25) is 0 Å². The fraction of sp³-hybridized carbons (Fsp3) is 0.528. The molecule has 4 aliphatic rings. The summed E-state index contributed by atoms with van der Waals surface area (Å²) in [4.78, 5) is 27.7. The van der Waals surface area contributed by atoms with Gasteiger partial charge in [-0.1, -0.05) is 11.6 Å². The SMILES string of the molecule is Cc1cc2c(cnn2C2CCCCO2)c(-c2cc3nc(OCC4CCCN4C)nc(N4CCN(C(=O)O)[C@@H](CC#N)C4)c3c3c2CCO3)c1Cl. The van der Waals surface area contributed by atoms with E-state index >= 15 is 0 Å². The predicted octanol–water partition coefficient (Wildman–Crippen LogP) is 5.80. The highest BCUT2D eigenvalue weighted by Crippen LogP contribution is 2.48. The first kappa shape index (κ1) is 32.8. The normalized spacial score (nSPS) is 22.6. The number of hydrogen-bond acceptors (Lipinski definition) is 10. The van der Waals surface area contributed by atoms with Gasteiger partial charge in [0.25, 0.3) is 0 Å². The van der Waals surface area contributed by atoms with Crippen LogP contribution in [0.4, 0.5) is 10.6 Å². The summed E-state index contributed by atoms with van der Waals surface area (Å²) in [6.45, 7) is 5.63. The zero-order chi connectivity index (χ0) is 34.5. The number of amides is 1. The number of carboxylic acid groups (broad SMARTS) is 1. The fourth-order valence-electron chi connectivity index (χ4n) is 8.09. The van der Waals surface area contributed by atoms with Gasteiger partial charge in [0.15, 0.2) is 6.23 Å². The number of nitriles is 1. The van der Waals surface area contributed by atoms with Crippen molar-refractivity contribution in [2.45, 2.75) is 70.2 Å². The van der Waals surface area contributed by atoms with Crippen molar-refractivity contribution in [3.8, 4) is 29.0 Å². The average Bonchev–Trinajstić information content (AvgIpc) is 3.88. The Labute approximate surface area is 295 Å². The number of carbonyl (C=O) groups is 1. The quantitative estimate of drug-likeness (QED) is 0.250. The molecule has 0 radical (unpaired) electrons. The van der Waals surface area contributed by atoms with E-state index in [-0.39, 0.29) is 31.2 Å². The van der Waals surface area contributed by atoms with Gasteiger partial charge in [-0.25, -0.2) is 9.48 Å². The molecular formula is C36H41ClN8O5. The predicted molar refractivity (Wildman–Crippen MR) is 188 cm³/mol. The standard InChI is InChI=1S/C36H41ClN8O5/c1-21-16-28-26(18-39-45(28)29-7-3-4-14-48-29)30(32(21)37)25-17-27-31(33-24(25)9-15-49-33)34(41-35(40-27)50-20-23-6-5-11-42(23)2)43-12-13-44(36(46)47)22(19-43)8-10-38/h16-18,22-23,29H,3-9,11-15,19-20H2,1-2H3,(H,46,47)/t22-,23?,29?/m0/s1. The van der Waals surface area contributed by atoms with Gasteiger partial charge in [-0.05, 0) is 75.9 Å². The lowest BCUT2D eigenvalue weighted by Gasteiger charge is -2.40. The van der Waals surface area contributed by atoms with E-state index in [4.69, 9.17) is 40.9 Å². The number of hydrogen-bond donors (Lipinski definition) is 1. The molecule has 0 saturated carbocycles. The van der Waals surface area contributed by atoms with Crippen LogP contribution in [0.5, 0.6) is 11.8 Å². The Balaban J connectivity index is 1.29. The van der Waals surface area contributed by atoms with Crippen molar-refractivity contribution in [1.29, 1.82) is 5.26 Å². The number of anilines is 1. The molecule has 0 spiro atoms. The number of piperazine rings is 1. The molecule has 13 nitrogen and oxygen atoms in total. The van der Waals surface area contributed by atoms with Crippen LogP contribution in [0.1, 0.15) is 55.9 Å². The maximum atomic E-state index is 12.1. The minimum atomic E-state index is -1.03. The van der Waals surface area contributed by atoms with E-state index in [1.165, 1.54) is 4.90 Å². The maximum absolute atomic E-state index is 12.1. The van der Waals surface area contributed by atoms with Crippen molar-refractivity contribution in [3.05, 3.63) is 34.5 Å². The van der Waals surface area contributed by atoms with Crippen LogP contribution >= 0.6 is 11.6 Å². The number of rotatable bonds is 7. The Kier molecular flexibility index (Phi) is 8.79. The zero-order valence-corrected chi connectivity index (χ0v) is 29.2. The molecule has 1 N–H and O–H groups in total. The molecule has 3 fully saturated rings. The number of aromatic nitrogens is 4.